The molecule has 3 rings (SSSR count). The number of aromatic hydroxyl groups is 1. The first-order chi connectivity index (χ1) is 12.0. The van der Waals surface area contributed by atoms with Crippen LogP contribution >= 0.6 is 11.3 Å². The average molecular weight is 358 g/mol. The number of hydrogen-bond donors (Lipinski definition) is 1. The van der Waals surface area contributed by atoms with Crippen molar-refractivity contribution >= 4 is 17.2 Å². The summed E-state index contributed by atoms with van der Waals surface area (Å²) in [6.45, 7) is 4.54. The summed E-state index contributed by atoms with van der Waals surface area (Å²) >= 11 is 1.59. The summed E-state index contributed by atoms with van der Waals surface area (Å²) in [5.41, 5.74) is 1.62. The minimum atomic E-state index is -0.300. The van der Waals surface area contributed by atoms with Gasteiger partial charge >= 0.3 is 0 Å². The summed E-state index contributed by atoms with van der Waals surface area (Å²) in [4.78, 5) is 18.8. The molecule has 0 unspecified atom stereocenters. The van der Waals surface area contributed by atoms with Gasteiger partial charge in [-0.05, 0) is 28.6 Å². The van der Waals surface area contributed by atoms with Crippen molar-refractivity contribution in [1.82, 2.24) is 30.1 Å². The highest BCUT2D eigenvalue weighted by molar-refractivity contribution is 7.09. The molecule has 0 aliphatic heterocycles. The quantitative estimate of drug-likeness (QED) is 0.751. The molecule has 8 nitrogen and oxygen atoms in total. The maximum absolute atomic E-state index is 12.7. The number of nitrogens with zero attached hydrogens (tertiary/aromatic N) is 6. The normalized spacial score (nSPS) is 11.0. The Morgan fingerprint density at radius 3 is 2.84 bits per heavy atom. The number of rotatable bonds is 5. The highest BCUT2D eigenvalue weighted by Gasteiger charge is 2.18. The molecule has 0 spiro atoms. The number of hydrogen-bond acceptors (Lipinski definition) is 7. The summed E-state index contributed by atoms with van der Waals surface area (Å²) in [5.74, 6) is -0.0295. The molecule has 25 heavy (non-hydrogen) atoms. The van der Waals surface area contributed by atoms with Crippen molar-refractivity contribution in [2.75, 3.05) is 7.05 Å². The van der Waals surface area contributed by atoms with E-state index >= 15 is 0 Å². The second-order valence-electron chi connectivity index (χ2n) is 5.95. The molecule has 1 amide bonds. The van der Waals surface area contributed by atoms with Gasteiger partial charge in [0.1, 0.15) is 12.1 Å². The third kappa shape index (κ3) is 3.66. The lowest BCUT2D eigenvalue weighted by atomic mass is 10.1. The van der Waals surface area contributed by atoms with Crippen LogP contribution in [-0.2, 0) is 6.54 Å². The van der Waals surface area contributed by atoms with Crippen molar-refractivity contribution in [3.05, 3.63) is 46.2 Å². The van der Waals surface area contributed by atoms with Crippen molar-refractivity contribution in [2.45, 2.75) is 26.3 Å². The highest BCUT2D eigenvalue weighted by Crippen LogP contribution is 2.23. The van der Waals surface area contributed by atoms with Crippen LogP contribution < -0.4 is 0 Å². The minimum Gasteiger partial charge on any atom is -0.507 e. The van der Waals surface area contributed by atoms with Gasteiger partial charge in [-0.2, -0.15) is 0 Å². The van der Waals surface area contributed by atoms with Gasteiger partial charge < -0.3 is 10.0 Å². The first-order valence-electron chi connectivity index (χ1n) is 7.72. The van der Waals surface area contributed by atoms with Crippen LogP contribution in [0.2, 0.25) is 0 Å². The summed E-state index contributed by atoms with van der Waals surface area (Å²) in [6, 6.07) is 4.65. The molecule has 0 aliphatic rings. The van der Waals surface area contributed by atoms with Gasteiger partial charge in [0.2, 0.25) is 0 Å². The maximum atomic E-state index is 12.7. The molecule has 0 saturated carbocycles. The monoisotopic (exact) mass is 358 g/mol. The van der Waals surface area contributed by atoms with Crippen LogP contribution in [0.1, 0.15) is 40.8 Å². The van der Waals surface area contributed by atoms with Gasteiger partial charge in [-0.3, -0.25) is 4.79 Å². The van der Waals surface area contributed by atoms with Gasteiger partial charge in [-0.15, -0.1) is 16.4 Å². The lowest BCUT2D eigenvalue weighted by molar-refractivity contribution is 0.0780. The number of carbonyl (C=O) groups excluding carboxylic acids is 1. The van der Waals surface area contributed by atoms with E-state index in [9.17, 15) is 9.90 Å². The van der Waals surface area contributed by atoms with Crippen molar-refractivity contribution in [3.8, 4) is 11.4 Å². The number of aromatic nitrogens is 5. The largest absolute Gasteiger partial charge is 0.507 e. The van der Waals surface area contributed by atoms with E-state index in [1.165, 1.54) is 22.0 Å². The summed E-state index contributed by atoms with van der Waals surface area (Å²) in [7, 11) is 1.68. The molecule has 1 N–H and O–H groups in total. The second-order valence-corrected chi connectivity index (χ2v) is 6.84. The van der Waals surface area contributed by atoms with Crippen molar-refractivity contribution in [3.63, 3.8) is 0 Å². The SMILES string of the molecule is CC(C)c1nc(CN(C)C(=O)c2cc(-n3cnnn3)ccc2O)cs1. The molecular formula is C16H18N6O2S. The number of thiazole rings is 1. The van der Waals surface area contributed by atoms with Crippen LogP contribution in [0.3, 0.4) is 0 Å². The molecule has 0 bridgehead atoms. The second kappa shape index (κ2) is 6.98. The minimum absolute atomic E-state index is 0.0881. The van der Waals surface area contributed by atoms with Crippen LogP contribution in [0.4, 0.5) is 0 Å². The molecule has 2 heterocycles. The lowest BCUT2D eigenvalue weighted by Crippen LogP contribution is -2.26. The molecule has 0 saturated heterocycles. The third-order valence-corrected chi connectivity index (χ3v) is 4.83. The molecule has 3 aromatic rings. The Labute approximate surface area is 148 Å². The number of phenolic OH excluding ortho intramolecular Hbond substituents is 1. The first-order valence-corrected chi connectivity index (χ1v) is 8.60. The molecule has 130 valence electrons. The molecule has 0 atom stereocenters. The topological polar surface area (TPSA) is 97.0 Å². The van der Waals surface area contributed by atoms with Crippen LogP contribution in [0.25, 0.3) is 5.69 Å². The van der Waals surface area contributed by atoms with Crippen molar-refractivity contribution in [1.29, 1.82) is 0 Å². The van der Waals surface area contributed by atoms with Crippen LogP contribution in [0.15, 0.2) is 29.9 Å². The van der Waals surface area contributed by atoms with Gasteiger partial charge in [-0.25, -0.2) is 9.67 Å². The zero-order valence-corrected chi connectivity index (χ0v) is 14.9. The van der Waals surface area contributed by atoms with Gasteiger partial charge in [-0.1, -0.05) is 13.8 Å². The van der Waals surface area contributed by atoms with E-state index in [0.717, 1.165) is 10.7 Å². The zero-order chi connectivity index (χ0) is 18.0. The fraction of sp³-hybridized carbons (Fsp3) is 0.312. The summed E-state index contributed by atoms with van der Waals surface area (Å²) in [6.07, 6.45) is 1.42. The fourth-order valence-electron chi connectivity index (χ4n) is 2.30. The number of carbonyl (C=O) groups is 1. The van der Waals surface area contributed by atoms with E-state index in [1.807, 2.05) is 5.38 Å². The van der Waals surface area contributed by atoms with Gasteiger partial charge in [0.15, 0.2) is 0 Å². The van der Waals surface area contributed by atoms with E-state index in [4.69, 9.17) is 0 Å². The molecule has 1 aromatic carbocycles. The Morgan fingerprint density at radius 1 is 1.40 bits per heavy atom. The smallest absolute Gasteiger partial charge is 0.257 e. The average Bonchev–Trinajstić information content (AvgIpc) is 3.26. The Balaban J connectivity index is 1.80. The molecule has 2 aromatic heterocycles. The molecule has 0 fully saturated rings. The molecule has 9 heteroatoms. The Morgan fingerprint density at radius 2 is 2.20 bits per heavy atom. The predicted octanol–water partition coefficient (Wildman–Crippen LogP) is 2.22. The third-order valence-electron chi connectivity index (χ3n) is 3.63. The number of phenols is 1. The Bertz CT molecular complexity index is 875. The Hall–Kier alpha value is -2.81. The number of benzene rings is 1. The molecular weight excluding hydrogens is 340 g/mol. The maximum Gasteiger partial charge on any atom is 0.257 e. The number of amides is 1. The van der Waals surface area contributed by atoms with Gasteiger partial charge in [0.25, 0.3) is 5.91 Å². The highest BCUT2D eigenvalue weighted by atomic mass is 32.1. The van der Waals surface area contributed by atoms with Gasteiger partial charge in [0, 0.05) is 18.3 Å². The van der Waals surface area contributed by atoms with E-state index in [1.54, 1.807) is 30.5 Å². The summed E-state index contributed by atoms with van der Waals surface area (Å²) in [5, 5.41) is 24.0. The molecule has 0 aliphatic carbocycles. The standard InChI is InChI=1S/C16H18N6O2S/c1-10(2)15-18-11(8-25-15)7-21(3)16(24)13-6-12(4-5-14(13)23)22-9-17-19-20-22/h4-6,8-10,23H,7H2,1-3H3. The Kier molecular flexibility index (Phi) is 4.75. The van der Waals surface area contributed by atoms with E-state index < -0.39 is 0 Å². The van der Waals surface area contributed by atoms with Crippen LogP contribution in [0.5, 0.6) is 5.75 Å². The van der Waals surface area contributed by atoms with E-state index in [2.05, 4.69) is 34.4 Å². The summed E-state index contributed by atoms with van der Waals surface area (Å²) < 4.78 is 1.42. The van der Waals surface area contributed by atoms with E-state index in [-0.39, 0.29) is 17.2 Å². The lowest BCUT2D eigenvalue weighted by Gasteiger charge is -2.17. The van der Waals surface area contributed by atoms with Crippen LogP contribution in [0, 0.1) is 0 Å². The molecule has 0 radical (unpaired) electrons. The zero-order valence-electron chi connectivity index (χ0n) is 14.1. The van der Waals surface area contributed by atoms with Crippen molar-refractivity contribution in [2.24, 2.45) is 0 Å². The van der Waals surface area contributed by atoms with Gasteiger partial charge in [0.05, 0.1) is 28.5 Å². The number of tetrazole rings is 1. The predicted molar refractivity (Wildman–Crippen MR) is 92.8 cm³/mol. The van der Waals surface area contributed by atoms with Crippen LogP contribution in [-0.4, -0.2) is 48.2 Å². The van der Waals surface area contributed by atoms with Crippen molar-refractivity contribution < 1.29 is 9.90 Å². The fourth-order valence-corrected chi connectivity index (χ4v) is 3.12. The first kappa shape index (κ1) is 17.0. The van der Waals surface area contributed by atoms with E-state index in [0.29, 0.717) is 18.2 Å².